The van der Waals surface area contributed by atoms with Crippen LogP contribution in [0.15, 0.2) is 29.4 Å². The molecule has 2 aromatic rings. The Balaban J connectivity index is 2.06. The van der Waals surface area contributed by atoms with Crippen LogP contribution in [-0.2, 0) is 0 Å². The number of H-pyrrole nitrogens is 1. The number of aromatic amines is 1. The Morgan fingerprint density at radius 2 is 2.25 bits per heavy atom. The molecule has 0 radical (unpaired) electrons. The van der Waals surface area contributed by atoms with Gasteiger partial charge in [-0.3, -0.25) is 0 Å². The molecule has 1 aromatic carbocycles. The van der Waals surface area contributed by atoms with E-state index in [0.717, 1.165) is 23.4 Å². The first-order chi connectivity index (χ1) is 7.74. The number of amidine groups is 1. The summed E-state index contributed by atoms with van der Waals surface area (Å²) in [4.78, 5) is 7.73. The van der Waals surface area contributed by atoms with Crippen molar-refractivity contribution in [2.45, 2.75) is 19.4 Å². The van der Waals surface area contributed by atoms with Gasteiger partial charge in [0.05, 0.1) is 17.1 Å². The summed E-state index contributed by atoms with van der Waals surface area (Å²) in [7, 11) is 0. The number of rotatable bonds is 1. The molecule has 82 valence electrons. The molecule has 0 bridgehead atoms. The molecular weight excluding hydrogens is 202 g/mol. The summed E-state index contributed by atoms with van der Waals surface area (Å²) in [6, 6.07) is 8.19. The molecule has 1 aliphatic rings. The van der Waals surface area contributed by atoms with Crippen molar-refractivity contribution in [3.05, 3.63) is 24.3 Å². The molecule has 3 N–H and O–H groups in total. The predicted octanol–water partition coefficient (Wildman–Crippen LogP) is 1.43. The number of benzene rings is 1. The Morgan fingerprint density at radius 3 is 2.94 bits per heavy atom. The normalized spacial score (nSPS) is 20.4. The highest BCUT2D eigenvalue weighted by atomic mass is 15.5. The molecule has 1 aliphatic heterocycles. The van der Waals surface area contributed by atoms with Crippen molar-refractivity contribution in [3.63, 3.8) is 0 Å². The van der Waals surface area contributed by atoms with Gasteiger partial charge in [0.2, 0.25) is 5.95 Å². The van der Waals surface area contributed by atoms with Gasteiger partial charge in [0.15, 0.2) is 0 Å². The molecule has 1 atom stereocenters. The number of para-hydroxylation sites is 2. The monoisotopic (exact) mass is 215 g/mol. The predicted molar refractivity (Wildman–Crippen MR) is 64.3 cm³/mol. The lowest BCUT2D eigenvalue weighted by atomic mass is 10.2. The van der Waals surface area contributed by atoms with Crippen LogP contribution in [0.5, 0.6) is 0 Å². The first kappa shape index (κ1) is 9.21. The van der Waals surface area contributed by atoms with Crippen LogP contribution in [0.3, 0.4) is 0 Å². The third-order valence-electron chi connectivity index (χ3n) is 2.75. The summed E-state index contributed by atoms with van der Waals surface area (Å²) in [5.74, 6) is 1.42. The van der Waals surface area contributed by atoms with E-state index in [1.54, 1.807) is 0 Å². The van der Waals surface area contributed by atoms with Crippen molar-refractivity contribution in [1.29, 1.82) is 0 Å². The maximum Gasteiger partial charge on any atom is 0.225 e. The number of hydrazone groups is 1. The van der Waals surface area contributed by atoms with E-state index in [4.69, 9.17) is 5.73 Å². The van der Waals surface area contributed by atoms with Crippen molar-refractivity contribution < 1.29 is 0 Å². The molecule has 3 rings (SSSR count). The van der Waals surface area contributed by atoms with Crippen molar-refractivity contribution in [2.75, 3.05) is 5.01 Å². The van der Waals surface area contributed by atoms with Crippen LogP contribution in [0.25, 0.3) is 11.0 Å². The van der Waals surface area contributed by atoms with E-state index in [1.807, 2.05) is 29.3 Å². The highest BCUT2D eigenvalue weighted by Gasteiger charge is 2.24. The Hall–Kier alpha value is -2.04. The minimum atomic E-state index is 0.264. The lowest BCUT2D eigenvalue weighted by molar-refractivity contribution is 0.706. The summed E-state index contributed by atoms with van der Waals surface area (Å²) in [5, 5.41) is 6.11. The Labute approximate surface area is 93.0 Å². The Bertz CT molecular complexity index is 523. The SMILES string of the molecule is CC1CC(N)=NN1c1nc2ccccc2[nH]1. The van der Waals surface area contributed by atoms with Crippen LogP contribution in [-0.4, -0.2) is 21.8 Å². The third-order valence-corrected chi connectivity index (χ3v) is 2.75. The molecule has 5 nitrogen and oxygen atoms in total. The second-order valence-corrected chi connectivity index (χ2v) is 4.07. The van der Waals surface area contributed by atoms with E-state index < -0.39 is 0 Å². The zero-order valence-corrected chi connectivity index (χ0v) is 9.01. The van der Waals surface area contributed by atoms with Gasteiger partial charge >= 0.3 is 0 Å². The third kappa shape index (κ3) is 1.32. The fourth-order valence-corrected chi connectivity index (χ4v) is 1.97. The van der Waals surface area contributed by atoms with E-state index in [0.29, 0.717) is 5.84 Å². The molecule has 0 fully saturated rings. The standard InChI is InChI=1S/C11H13N5/c1-7-6-10(12)15-16(7)11-13-8-4-2-3-5-9(8)14-11/h2-5,7H,6H2,1H3,(H2,12,15)(H,13,14). The van der Waals surface area contributed by atoms with Crippen LogP contribution in [0.4, 0.5) is 5.95 Å². The summed E-state index contributed by atoms with van der Waals surface area (Å²) in [6.45, 7) is 2.08. The molecule has 0 amide bonds. The number of nitrogens with one attached hydrogen (secondary N) is 1. The quantitative estimate of drug-likeness (QED) is 0.756. The minimum absolute atomic E-state index is 0.264. The number of anilines is 1. The average molecular weight is 215 g/mol. The van der Waals surface area contributed by atoms with E-state index in [9.17, 15) is 0 Å². The molecule has 0 aliphatic carbocycles. The van der Waals surface area contributed by atoms with Crippen LogP contribution < -0.4 is 10.7 Å². The maximum absolute atomic E-state index is 5.71. The van der Waals surface area contributed by atoms with Gasteiger partial charge in [0.1, 0.15) is 5.84 Å². The highest BCUT2D eigenvalue weighted by molar-refractivity contribution is 5.85. The number of nitrogens with two attached hydrogens (primary N) is 1. The zero-order chi connectivity index (χ0) is 11.1. The van der Waals surface area contributed by atoms with Crippen molar-refractivity contribution >= 4 is 22.8 Å². The lowest BCUT2D eigenvalue weighted by Crippen LogP contribution is -2.23. The van der Waals surface area contributed by atoms with Crippen molar-refractivity contribution in [2.24, 2.45) is 10.8 Å². The van der Waals surface area contributed by atoms with E-state index >= 15 is 0 Å². The molecule has 2 heterocycles. The Kier molecular flexibility index (Phi) is 1.86. The van der Waals surface area contributed by atoms with Gasteiger partial charge in [-0.15, -0.1) is 0 Å². The van der Waals surface area contributed by atoms with E-state index in [1.165, 1.54) is 0 Å². The number of hydrogen-bond acceptors (Lipinski definition) is 4. The van der Waals surface area contributed by atoms with E-state index in [-0.39, 0.29) is 6.04 Å². The molecule has 0 saturated heterocycles. The second kappa shape index (κ2) is 3.23. The fourth-order valence-electron chi connectivity index (χ4n) is 1.97. The first-order valence-electron chi connectivity index (χ1n) is 5.31. The summed E-state index contributed by atoms with van der Waals surface area (Å²) < 4.78 is 0. The molecular formula is C11H13N5. The Morgan fingerprint density at radius 1 is 1.44 bits per heavy atom. The number of aromatic nitrogens is 2. The summed E-state index contributed by atoms with van der Waals surface area (Å²) >= 11 is 0. The highest BCUT2D eigenvalue weighted by Crippen LogP contribution is 2.23. The topological polar surface area (TPSA) is 70.3 Å². The lowest BCUT2D eigenvalue weighted by Gasteiger charge is -2.15. The minimum Gasteiger partial charge on any atom is -0.386 e. The molecule has 1 unspecified atom stereocenters. The van der Waals surface area contributed by atoms with Crippen LogP contribution in [0, 0.1) is 0 Å². The molecule has 5 heteroatoms. The van der Waals surface area contributed by atoms with Gasteiger partial charge in [0, 0.05) is 6.42 Å². The van der Waals surface area contributed by atoms with Crippen LogP contribution in [0.1, 0.15) is 13.3 Å². The van der Waals surface area contributed by atoms with E-state index in [2.05, 4.69) is 22.0 Å². The smallest absolute Gasteiger partial charge is 0.225 e. The molecule has 0 spiro atoms. The summed E-state index contributed by atoms with van der Waals surface area (Å²) in [6.07, 6.45) is 0.789. The average Bonchev–Trinajstić information content (AvgIpc) is 2.81. The zero-order valence-electron chi connectivity index (χ0n) is 9.01. The van der Waals surface area contributed by atoms with Gasteiger partial charge in [-0.25, -0.2) is 9.99 Å². The van der Waals surface area contributed by atoms with Crippen molar-refractivity contribution in [3.8, 4) is 0 Å². The number of imidazole rings is 1. The maximum atomic E-state index is 5.71. The fraction of sp³-hybridized carbons (Fsp3) is 0.273. The van der Waals surface area contributed by atoms with Gasteiger partial charge in [-0.05, 0) is 19.1 Å². The number of hydrogen-bond donors (Lipinski definition) is 2. The largest absolute Gasteiger partial charge is 0.386 e. The van der Waals surface area contributed by atoms with Crippen molar-refractivity contribution in [1.82, 2.24) is 9.97 Å². The summed E-state index contributed by atoms with van der Waals surface area (Å²) in [5.41, 5.74) is 7.68. The van der Waals surface area contributed by atoms with Crippen LogP contribution in [0.2, 0.25) is 0 Å². The number of nitrogens with zero attached hydrogens (tertiary/aromatic N) is 3. The molecule has 16 heavy (non-hydrogen) atoms. The second-order valence-electron chi connectivity index (χ2n) is 4.07. The van der Waals surface area contributed by atoms with Crippen LogP contribution >= 0.6 is 0 Å². The van der Waals surface area contributed by atoms with Gasteiger partial charge in [0.25, 0.3) is 0 Å². The number of fused-ring (bicyclic) bond motifs is 1. The van der Waals surface area contributed by atoms with Gasteiger partial charge < -0.3 is 10.7 Å². The molecule has 0 saturated carbocycles. The molecule has 1 aromatic heterocycles. The van der Waals surface area contributed by atoms with Gasteiger partial charge in [-0.1, -0.05) is 12.1 Å². The first-order valence-corrected chi connectivity index (χ1v) is 5.31. The van der Waals surface area contributed by atoms with Gasteiger partial charge in [-0.2, -0.15) is 5.10 Å².